The molecule has 28 heavy (non-hydrogen) atoms. The van der Waals surface area contributed by atoms with Crippen molar-refractivity contribution >= 4 is 23.2 Å². The summed E-state index contributed by atoms with van der Waals surface area (Å²) in [7, 11) is 3.10. The lowest BCUT2D eigenvalue weighted by atomic mass is 10.1. The summed E-state index contributed by atoms with van der Waals surface area (Å²) in [6.45, 7) is -0.235. The van der Waals surface area contributed by atoms with Gasteiger partial charge in [0.1, 0.15) is 18.0 Å². The molecule has 0 radical (unpaired) electrons. The summed E-state index contributed by atoms with van der Waals surface area (Å²) >= 11 is 5.83. The van der Waals surface area contributed by atoms with Gasteiger partial charge in [-0.3, -0.25) is 9.59 Å². The molecule has 3 aromatic rings. The smallest absolute Gasteiger partial charge is 0.267 e. The van der Waals surface area contributed by atoms with Gasteiger partial charge in [0, 0.05) is 22.3 Å². The first-order valence-electron chi connectivity index (χ1n) is 8.36. The maximum Gasteiger partial charge on any atom is 0.267 e. The number of amides is 1. The first kappa shape index (κ1) is 19.4. The van der Waals surface area contributed by atoms with Crippen molar-refractivity contribution in [2.24, 2.45) is 0 Å². The van der Waals surface area contributed by atoms with Crippen molar-refractivity contribution in [3.63, 3.8) is 0 Å². The Morgan fingerprint density at radius 1 is 1.07 bits per heavy atom. The number of halogens is 1. The average Bonchev–Trinajstić information content (AvgIpc) is 2.71. The van der Waals surface area contributed by atoms with Gasteiger partial charge in [-0.15, -0.1) is 0 Å². The molecule has 1 aromatic heterocycles. The minimum Gasteiger partial charge on any atom is -0.497 e. The maximum absolute atomic E-state index is 12.3. The summed E-state index contributed by atoms with van der Waals surface area (Å²) in [4.78, 5) is 24.5. The largest absolute Gasteiger partial charge is 0.497 e. The van der Waals surface area contributed by atoms with Crippen LogP contribution in [0.15, 0.2) is 59.4 Å². The summed E-state index contributed by atoms with van der Waals surface area (Å²) in [6, 6.07) is 14.9. The van der Waals surface area contributed by atoms with Gasteiger partial charge in [0.15, 0.2) is 0 Å². The van der Waals surface area contributed by atoms with Crippen LogP contribution in [0, 0.1) is 0 Å². The molecule has 1 N–H and O–H groups in total. The molecule has 0 fully saturated rings. The van der Waals surface area contributed by atoms with Gasteiger partial charge in [-0.25, -0.2) is 4.68 Å². The number of hydrogen-bond donors (Lipinski definition) is 1. The van der Waals surface area contributed by atoms with E-state index in [2.05, 4.69) is 10.4 Å². The molecule has 0 aliphatic heterocycles. The van der Waals surface area contributed by atoms with Gasteiger partial charge in [-0.1, -0.05) is 11.6 Å². The van der Waals surface area contributed by atoms with Gasteiger partial charge in [0.05, 0.1) is 19.9 Å². The van der Waals surface area contributed by atoms with E-state index in [1.165, 1.54) is 6.07 Å². The molecule has 144 valence electrons. The molecule has 1 amide bonds. The second-order valence-corrected chi connectivity index (χ2v) is 6.27. The topological polar surface area (TPSA) is 82.5 Å². The molecule has 0 saturated heterocycles. The van der Waals surface area contributed by atoms with E-state index in [0.717, 1.165) is 4.68 Å². The Morgan fingerprint density at radius 2 is 1.82 bits per heavy atom. The number of nitrogens with zero attached hydrogens (tertiary/aromatic N) is 2. The fraction of sp³-hybridized carbons (Fsp3) is 0.150. The van der Waals surface area contributed by atoms with Crippen molar-refractivity contribution in [1.82, 2.24) is 9.78 Å². The number of methoxy groups -OCH3 is 2. The van der Waals surface area contributed by atoms with E-state index in [0.29, 0.717) is 33.5 Å². The highest BCUT2D eigenvalue weighted by atomic mass is 35.5. The minimum atomic E-state index is -0.392. The highest BCUT2D eigenvalue weighted by Gasteiger charge is 2.12. The molecular formula is C20H18ClN3O4. The van der Waals surface area contributed by atoms with Crippen LogP contribution >= 0.6 is 11.6 Å². The van der Waals surface area contributed by atoms with Crippen molar-refractivity contribution < 1.29 is 14.3 Å². The van der Waals surface area contributed by atoms with E-state index in [1.54, 1.807) is 62.8 Å². The van der Waals surface area contributed by atoms with Crippen molar-refractivity contribution in [3.8, 4) is 22.8 Å². The van der Waals surface area contributed by atoms with E-state index in [9.17, 15) is 9.59 Å². The number of anilines is 1. The fourth-order valence-corrected chi connectivity index (χ4v) is 2.72. The van der Waals surface area contributed by atoms with Gasteiger partial charge in [-0.2, -0.15) is 5.10 Å². The molecule has 0 aliphatic carbocycles. The molecule has 0 unspecified atom stereocenters. The minimum absolute atomic E-state index is 0.235. The molecule has 0 spiro atoms. The molecule has 1 heterocycles. The van der Waals surface area contributed by atoms with E-state index >= 15 is 0 Å². The summed E-state index contributed by atoms with van der Waals surface area (Å²) in [5.41, 5.74) is 1.31. The zero-order valence-electron chi connectivity index (χ0n) is 15.3. The van der Waals surface area contributed by atoms with Crippen LogP contribution < -0.4 is 20.3 Å². The van der Waals surface area contributed by atoms with Gasteiger partial charge in [0.2, 0.25) is 5.91 Å². The van der Waals surface area contributed by atoms with Gasteiger partial charge >= 0.3 is 0 Å². The normalized spacial score (nSPS) is 10.4. The first-order chi connectivity index (χ1) is 13.5. The van der Waals surface area contributed by atoms with E-state index in [-0.39, 0.29) is 12.5 Å². The molecule has 3 rings (SSSR count). The van der Waals surface area contributed by atoms with Crippen LogP contribution in [-0.4, -0.2) is 29.9 Å². The third kappa shape index (κ3) is 4.50. The standard InChI is InChI=1S/C20H18ClN3O4/c1-27-15-7-9-18(28-2)16(11-15)17-8-10-20(26)24(23-17)12-19(25)22-14-5-3-13(21)4-6-14/h3-11H,12H2,1-2H3,(H,22,25). The molecule has 2 aromatic carbocycles. The Labute approximate surface area is 166 Å². The Balaban J connectivity index is 1.87. The molecule has 7 nitrogen and oxygen atoms in total. The van der Waals surface area contributed by atoms with Crippen LogP contribution in [-0.2, 0) is 11.3 Å². The van der Waals surface area contributed by atoms with Crippen LogP contribution in [0.4, 0.5) is 5.69 Å². The quantitative estimate of drug-likeness (QED) is 0.688. The first-order valence-corrected chi connectivity index (χ1v) is 8.74. The molecular weight excluding hydrogens is 382 g/mol. The van der Waals surface area contributed by atoms with E-state index in [1.807, 2.05) is 0 Å². The van der Waals surface area contributed by atoms with Crippen molar-refractivity contribution in [2.75, 3.05) is 19.5 Å². The zero-order valence-corrected chi connectivity index (χ0v) is 16.1. The summed E-state index contributed by atoms with van der Waals surface area (Å²) in [6.07, 6.45) is 0. The highest BCUT2D eigenvalue weighted by molar-refractivity contribution is 6.30. The number of hydrogen-bond acceptors (Lipinski definition) is 5. The van der Waals surface area contributed by atoms with Crippen molar-refractivity contribution in [2.45, 2.75) is 6.54 Å². The number of carbonyl (C=O) groups excluding carboxylic acids is 1. The van der Waals surface area contributed by atoms with Gasteiger partial charge < -0.3 is 14.8 Å². The fourth-order valence-electron chi connectivity index (χ4n) is 2.59. The number of rotatable bonds is 6. The Morgan fingerprint density at radius 3 is 2.50 bits per heavy atom. The predicted octanol–water partition coefficient (Wildman–Crippen LogP) is 3.22. The van der Waals surface area contributed by atoms with Crippen LogP contribution in [0.1, 0.15) is 0 Å². The van der Waals surface area contributed by atoms with E-state index < -0.39 is 5.56 Å². The molecule has 0 atom stereocenters. The maximum atomic E-state index is 12.3. The average molecular weight is 400 g/mol. The lowest BCUT2D eigenvalue weighted by Crippen LogP contribution is -2.29. The van der Waals surface area contributed by atoms with Crippen LogP contribution in [0.5, 0.6) is 11.5 Å². The van der Waals surface area contributed by atoms with Gasteiger partial charge in [-0.05, 0) is 48.5 Å². The second-order valence-electron chi connectivity index (χ2n) is 5.84. The molecule has 0 bridgehead atoms. The number of carbonyl (C=O) groups is 1. The van der Waals surface area contributed by atoms with Crippen molar-refractivity contribution in [1.29, 1.82) is 0 Å². The summed E-state index contributed by atoms with van der Waals surface area (Å²) in [5, 5.41) is 7.58. The molecule has 8 heteroatoms. The second kappa shape index (κ2) is 8.58. The zero-order chi connectivity index (χ0) is 20.1. The van der Waals surface area contributed by atoms with Gasteiger partial charge in [0.25, 0.3) is 5.56 Å². The van der Waals surface area contributed by atoms with Crippen LogP contribution in [0.2, 0.25) is 5.02 Å². The Hall–Kier alpha value is -3.32. The Kier molecular flexibility index (Phi) is 5.96. The van der Waals surface area contributed by atoms with E-state index in [4.69, 9.17) is 21.1 Å². The van der Waals surface area contributed by atoms with Crippen LogP contribution in [0.3, 0.4) is 0 Å². The summed E-state index contributed by atoms with van der Waals surface area (Å²) < 4.78 is 11.7. The third-order valence-electron chi connectivity index (χ3n) is 3.97. The summed E-state index contributed by atoms with van der Waals surface area (Å²) in [5.74, 6) is 0.812. The SMILES string of the molecule is COc1ccc(OC)c(-c2ccc(=O)n(CC(=O)Nc3ccc(Cl)cc3)n2)c1. The number of aromatic nitrogens is 2. The van der Waals surface area contributed by atoms with Crippen LogP contribution in [0.25, 0.3) is 11.3 Å². The number of ether oxygens (including phenoxy) is 2. The predicted molar refractivity (Wildman–Crippen MR) is 107 cm³/mol. The Bertz CT molecular complexity index is 1050. The number of nitrogens with one attached hydrogen (secondary N) is 1. The lowest BCUT2D eigenvalue weighted by Gasteiger charge is -2.12. The monoisotopic (exact) mass is 399 g/mol. The molecule has 0 aliphatic rings. The highest BCUT2D eigenvalue weighted by Crippen LogP contribution is 2.31. The lowest BCUT2D eigenvalue weighted by molar-refractivity contribution is -0.117. The third-order valence-corrected chi connectivity index (χ3v) is 4.22. The molecule has 0 saturated carbocycles. The number of benzene rings is 2. The van der Waals surface area contributed by atoms with Crippen molar-refractivity contribution in [3.05, 3.63) is 70.0 Å².